The van der Waals surface area contributed by atoms with Crippen LogP contribution in [0.3, 0.4) is 0 Å². The van der Waals surface area contributed by atoms with Crippen LogP contribution in [0.2, 0.25) is 0 Å². The Hall–Kier alpha value is -2.87. The summed E-state index contributed by atoms with van der Waals surface area (Å²) in [5.41, 5.74) is 3.30. The van der Waals surface area contributed by atoms with E-state index in [0.717, 1.165) is 17.5 Å². The van der Waals surface area contributed by atoms with Gasteiger partial charge in [-0.1, -0.05) is 24.3 Å². The maximum atomic E-state index is 13.4. The third-order valence-corrected chi connectivity index (χ3v) is 5.30. The van der Waals surface area contributed by atoms with Gasteiger partial charge in [0, 0.05) is 12.1 Å². The van der Waals surface area contributed by atoms with Gasteiger partial charge in [0.15, 0.2) is 6.04 Å². The van der Waals surface area contributed by atoms with E-state index in [1.54, 1.807) is 6.92 Å². The van der Waals surface area contributed by atoms with E-state index >= 15 is 0 Å². The number of carbonyl (C=O) groups is 3. The van der Waals surface area contributed by atoms with Gasteiger partial charge in [0.1, 0.15) is 5.92 Å². The Morgan fingerprint density at radius 2 is 2.07 bits per heavy atom. The number of esters is 1. The molecule has 2 unspecified atom stereocenters. The Balaban J connectivity index is 1.68. The summed E-state index contributed by atoms with van der Waals surface area (Å²) in [6, 6.07) is 6.94. The van der Waals surface area contributed by atoms with Gasteiger partial charge in [-0.05, 0) is 30.9 Å². The number of nitrogens with zero attached hydrogens (tertiary/aromatic N) is 3. The molecule has 0 radical (unpaired) electrons. The molecule has 0 spiro atoms. The molecule has 1 saturated heterocycles. The summed E-state index contributed by atoms with van der Waals surface area (Å²) in [7, 11) is 0. The maximum Gasteiger partial charge on any atom is 0.331 e. The number of azo groups is 1. The third kappa shape index (κ3) is 3.13. The monoisotopic (exact) mass is 383 g/mol. The van der Waals surface area contributed by atoms with E-state index in [-0.39, 0.29) is 19.8 Å². The molecule has 3 aliphatic rings. The number of hydrogen-bond donors (Lipinski definition) is 0. The molecule has 1 fully saturated rings. The average Bonchev–Trinajstić information content (AvgIpc) is 2.73. The van der Waals surface area contributed by atoms with Gasteiger partial charge in [0.25, 0.3) is 5.91 Å². The van der Waals surface area contributed by atoms with Crippen molar-refractivity contribution in [2.45, 2.75) is 25.8 Å². The number of fused-ring (bicyclic) bond motifs is 2. The topological polar surface area (TPSA) is 97.6 Å². The lowest BCUT2D eigenvalue weighted by Gasteiger charge is -2.37. The summed E-state index contributed by atoms with van der Waals surface area (Å²) in [6.07, 6.45) is 1.29. The predicted octanol–water partition coefficient (Wildman–Crippen LogP) is 1.74. The number of hydrogen-bond acceptors (Lipinski definition) is 6. The summed E-state index contributed by atoms with van der Waals surface area (Å²) in [6.45, 7) is 2.50. The van der Waals surface area contributed by atoms with Crippen molar-refractivity contribution in [1.82, 2.24) is 4.90 Å². The first kappa shape index (κ1) is 18.5. The zero-order valence-electron chi connectivity index (χ0n) is 15.6. The number of morpholine rings is 1. The number of carbonyl (C=O) groups excluding carboxylic acids is 3. The Kier molecular flexibility index (Phi) is 5.04. The second-order valence-corrected chi connectivity index (χ2v) is 6.88. The second-order valence-electron chi connectivity index (χ2n) is 6.88. The molecule has 0 N–H and O–H groups in total. The molecule has 28 heavy (non-hydrogen) atoms. The molecule has 0 bridgehead atoms. The van der Waals surface area contributed by atoms with Gasteiger partial charge in [0.05, 0.1) is 25.5 Å². The molecule has 2 heterocycles. The molecule has 2 amide bonds. The highest BCUT2D eigenvalue weighted by Gasteiger charge is 2.44. The first-order valence-electron chi connectivity index (χ1n) is 9.43. The Bertz CT molecular complexity index is 892. The standard InChI is InChI=1S/C20H21N3O5/c1-2-28-20(26)15-11-27-10-9-23(15)19(25)16-14-8-7-12-5-3-4-6-13(12)17(14)21-22-18(16)24/h3-6,15-16H,2,7-11H2,1H3. The van der Waals surface area contributed by atoms with Gasteiger partial charge in [-0.15, -0.1) is 10.2 Å². The lowest BCUT2D eigenvalue weighted by atomic mass is 9.81. The average molecular weight is 383 g/mol. The normalized spacial score (nSPS) is 23.9. The van der Waals surface area contributed by atoms with Crippen LogP contribution < -0.4 is 0 Å². The van der Waals surface area contributed by atoms with Crippen LogP contribution in [-0.2, 0) is 30.3 Å². The van der Waals surface area contributed by atoms with Crippen molar-refractivity contribution < 1.29 is 23.9 Å². The summed E-state index contributed by atoms with van der Waals surface area (Å²) in [5.74, 6) is -2.59. The molecule has 1 aromatic rings. The lowest BCUT2D eigenvalue weighted by molar-refractivity contribution is -0.164. The van der Waals surface area contributed by atoms with E-state index in [1.165, 1.54) is 4.90 Å². The number of aryl methyl sites for hydroxylation is 1. The first-order chi connectivity index (χ1) is 13.6. The zero-order valence-corrected chi connectivity index (χ0v) is 15.6. The molecular formula is C20H21N3O5. The highest BCUT2D eigenvalue weighted by atomic mass is 16.5. The van der Waals surface area contributed by atoms with Crippen LogP contribution in [0.4, 0.5) is 0 Å². The number of benzene rings is 1. The highest BCUT2D eigenvalue weighted by Crippen LogP contribution is 2.40. The van der Waals surface area contributed by atoms with Crippen molar-refractivity contribution in [1.29, 1.82) is 0 Å². The molecule has 0 saturated carbocycles. The van der Waals surface area contributed by atoms with Crippen LogP contribution in [0.25, 0.3) is 5.70 Å². The van der Waals surface area contributed by atoms with Gasteiger partial charge < -0.3 is 14.4 Å². The first-order valence-corrected chi connectivity index (χ1v) is 9.43. The molecule has 1 aromatic carbocycles. The van der Waals surface area contributed by atoms with E-state index in [4.69, 9.17) is 9.47 Å². The van der Waals surface area contributed by atoms with Gasteiger partial charge in [-0.3, -0.25) is 9.59 Å². The van der Waals surface area contributed by atoms with Crippen LogP contribution in [0.15, 0.2) is 40.1 Å². The minimum Gasteiger partial charge on any atom is -0.464 e. The summed E-state index contributed by atoms with van der Waals surface area (Å²) >= 11 is 0. The largest absolute Gasteiger partial charge is 0.464 e. The fraction of sp³-hybridized carbons (Fsp3) is 0.450. The van der Waals surface area contributed by atoms with E-state index < -0.39 is 29.7 Å². The minimum atomic E-state index is -1.05. The van der Waals surface area contributed by atoms with Gasteiger partial charge in [-0.25, -0.2) is 4.79 Å². The Labute approximate surface area is 162 Å². The molecule has 8 nitrogen and oxygen atoms in total. The number of rotatable bonds is 3. The minimum absolute atomic E-state index is 0.0573. The molecule has 2 aliphatic heterocycles. The van der Waals surface area contributed by atoms with Gasteiger partial charge >= 0.3 is 5.97 Å². The number of amides is 2. The van der Waals surface area contributed by atoms with Crippen molar-refractivity contribution in [2.75, 3.05) is 26.4 Å². The molecule has 1 aliphatic carbocycles. The Morgan fingerprint density at radius 1 is 1.25 bits per heavy atom. The summed E-state index contributed by atoms with van der Waals surface area (Å²) in [5, 5.41) is 7.85. The van der Waals surface area contributed by atoms with E-state index in [2.05, 4.69) is 10.2 Å². The quantitative estimate of drug-likeness (QED) is 0.585. The zero-order chi connectivity index (χ0) is 19.7. The van der Waals surface area contributed by atoms with Crippen LogP contribution in [0, 0.1) is 5.92 Å². The van der Waals surface area contributed by atoms with Gasteiger partial charge in [-0.2, -0.15) is 0 Å². The summed E-state index contributed by atoms with van der Waals surface area (Å²) < 4.78 is 10.4. The van der Waals surface area contributed by atoms with Crippen molar-refractivity contribution >= 4 is 23.5 Å². The van der Waals surface area contributed by atoms with E-state index in [1.807, 2.05) is 24.3 Å². The van der Waals surface area contributed by atoms with Crippen molar-refractivity contribution in [3.8, 4) is 0 Å². The van der Waals surface area contributed by atoms with Crippen LogP contribution in [0.5, 0.6) is 0 Å². The van der Waals surface area contributed by atoms with Crippen LogP contribution >= 0.6 is 0 Å². The maximum absolute atomic E-state index is 13.4. The summed E-state index contributed by atoms with van der Waals surface area (Å²) in [4.78, 5) is 39.6. The third-order valence-electron chi connectivity index (χ3n) is 5.30. The molecule has 8 heteroatoms. The SMILES string of the molecule is CCOC(=O)C1COCCN1C(=O)C1C(=O)N=NC2=C1CCc1ccccc12. The lowest BCUT2D eigenvalue weighted by Crippen LogP contribution is -2.56. The highest BCUT2D eigenvalue weighted by molar-refractivity contribution is 6.07. The fourth-order valence-electron chi connectivity index (χ4n) is 3.96. The molecule has 4 rings (SSSR count). The van der Waals surface area contributed by atoms with E-state index in [9.17, 15) is 14.4 Å². The molecule has 2 atom stereocenters. The van der Waals surface area contributed by atoms with Crippen LogP contribution in [0.1, 0.15) is 24.5 Å². The van der Waals surface area contributed by atoms with Crippen LogP contribution in [-0.4, -0.2) is 55.1 Å². The molecule has 146 valence electrons. The predicted molar refractivity (Wildman–Crippen MR) is 98.0 cm³/mol. The van der Waals surface area contributed by atoms with Crippen molar-refractivity contribution in [3.05, 3.63) is 41.0 Å². The smallest absolute Gasteiger partial charge is 0.331 e. The van der Waals surface area contributed by atoms with Gasteiger partial charge in [0.2, 0.25) is 5.91 Å². The molecular weight excluding hydrogens is 362 g/mol. The van der Waals surface area contributed by atoms with Crippen molar-refractivity contribution in [2.24, 2.45) is 16.1 Å². The van der Waals surface area contributed by atoms with E-state index in [0.29, 0.717) is 24.3 Å². The molecule has 0 aromatic heterocycles. The Morgan fingerprint density at radius 3 is 2.89 bits per heavy atom. The number of ether oxygens (including phenoxy) is 2. The fourth-order valence-corrected chi connectivity index (χ4v) is 3.96. The second kappa shape index (κ2) is 7.63. The van der Waals surface area contributed by atoms with Crippen molar-refractivity contribution in [3.63, 3.8) is 0 Å².